The van der Waals surface area contributed by atoms with E-state index in [2.05, 4.69) is 9.55 Å². The van der Waals surface area contributed by atoms with Gasteiger partial charge in [-0.1, -0.05) is 31.0 Å². The quantitative estimate of drug-likeness (QED) is 0.263. The zero-order valence-corrected chi connectivity index (χ0v) is 23.1. The Morgan fingerprint density at radius 1 is 1.12 bits per heavy atom. The largest absolute Gasteiger partial charge is 0.487 e. The van der Waals surface area contributed by atoms with Crippen molar-refractivity contribution in [2.75, 3.05) is 18.0 Å². The highest BCUT2D eigenvalue weighted by molar-refractivity contribution is 5.79. The number of fused-ring (bicyclic) bond motifs is 1. The van der Waals surface area contributed by atoms with Crippen LogP contribution in [0.3, 0.4) is 0 Å². The number of carbonyl (C=O) groups is 1. The van der Waals surface area contributed by atoms with E-state index in [-0.39, 0.29) is 18.9 Å². The number of pyridine rings is 1. The highest BCUT2D eigenvalue weighted by Gasteiger charge is 2.38. The molecule has 4 aromatic rings. The molecule has 2 aliphatic rings. The molecule has 2 aromatic carbocycles. The molecule has 9 heteroatoms. The van der Waals surface area contributed by atoms with Gasteiger partial charge < -0.3 is 19.3 Å². The summed E-state index contributed by atoms with van der Waals surface area (Å²) in [6, 6.07) is 17.4. The van der Waals surface area contributed by atoms with E-state index in [1.54, 1.807) is 4.90 Å². The fourth-order valence-electron chi connectivity index (χ4n) is 6.13. The lowest BCUT2D eigenvalue weighted by Crippen LogP contribution is -2.28. The Bertz CT molecular complexity index is 1550. The lowest BCUT2D eigenvalue weighted by atomic mass is 9.78. The number of carboxylic acids is 1. The minimum atomic E-state index is -2.68. The van der Waals surface area contributed by atoms with Crippen molar-refractivity contribution >= 4 is 22.7 Å². The van der Waals surface area contributed by atoms with Crippen LogP contribution in [-0.2, 0) is 17.9 Å². The number of carboxylic acid groups (broad SMARTS) is 1. The molecule has 1 aliphatic carbocycles. The fraction of sp³-hybridized carbons (Fsp3) is 0.406. The van der Waals surface area contributed by atoms with Crippen LogP contribution in [0.2, 0.25) is 0 Å². The summed E-state index contributed by atoms with van der Waals surface area (Å²) in [6.45, 7) is 2.78. The molecule has 41 heavy (non-hydrogen) atoms. The van der Waals surface area contributed by atoms with Crippen molar-refractivity contribution in [3.8, 4) is 5.75 Å². The van der Waals surface area contributed by atoms with Gasteiger partial charge in [0.15, 0.2) is 0 Å². The number of imidazole rings is 1. The molecule has 1 aliphatic heterocycles. The Morgan fingerprint density at radius 2 is 1.98 bits per heavy atom. The first-order chi connectivity index (χ1) is 19.8. The van der Waals surface area contributed by atoms with E-state index in [9.17, 15) is 18.7 Å². The van der Waals surface area contributed by atoms with Crippen LogP contribution in [0.5, 0.6) is 5.75 Å². The van der Waals surface area contributed by atoms with Gasteiger partial charge in [0.05, 0.1) is 29.2 Å². The summed E-state index contributed by atoms with van der Waals surface area (Å²) in [5.74, 6) is -2.77. The molecule has 6 rings (SSSR count). The highest BCUT2D eigenvalue weighted by Crippen LogP contribution is 2.40. The van der Waals surface area contributed by atoms with E-state index in [0.29, 0.717) is 31.9 Å². The monoisotopic (exact) mass is 560 g/mol. The lowest BCUT2D eigenvalue weighted by molar-refractivity contribution is -0.143. The van der Waals surface area contributed by atoms with Gasteiger partial charge in [-0.2, -0.15) is 0 Å². The van der Waals surface area contributed by atoms with Crippen LogP contribution in [0, 0.1) is 12.8 Å². The van der Waals surface area contributed by atoms with E-state index in [4.69, 9.17) is 9.72 Å². The average Bonchev–Trinajstić information content (AvgIpc) is 3.52. The Hall–Kier alpha value is -4.01. The number of halogens is 2. The number of alkyl halides is 2. The van der Waals surface area contributed by atoms with Crippen molar-refractivity contribution in [3.63, 3.8) is 0 Å². The van der Waals surface area contributed by atoms with Crippen LogP contribution in [0.15, 0.2) is 60.8 Å². The van der Waals surface area contributed by atoms with Gasteiger partial charge in [0.25, 0.3) is 5.92 Å². The van der Waals surface area contributed by atoms with Crippen LogP contribution >= 0.6 is 0 Å². The van der Waals surface area contributed by atoms with Gasteiger partial charge in [0.2, 0.25) is 0 Å². The molecule has 2 fully saturated rings. The van der Waals surface area contributed by atoms with Gasteiger partial charge in [-0.05, 0) is 61.2 Å². The number of nitrogens with zero attached hydrogens (tertiary/aromatic N) is 4. The average molecular weight is 561 g/mol. The number of ether oxygens (including phenoxy) is 1. The van der Waals surface area contributed by atoms with E-state index in [0.717, 1.165) is 58.6 Å². The zero-order chi connectivity index (χ0) is 28.6. The van der Waals surface area contributed by atoms with Gasteiger partial charge in [0.1, 0.15) is 18.2 Å². The predicted octanol–water partition coefficient (Wildman–Crippen LogP) is 6.57. The SMILES string of the molecule is Cc1ccc(COc2ccc3nc([C@H]4CCCC[C@H]4C(=O)O)n(Cc4cccc(N5CCC(F)(F)C5)c4)c3c2)nc1. The number of hydrogen-bond acceptors (Lipinski definition) is 5. The molecule has 7 nitrogen and oxygen atoms in total. The second kappa shape index (κ2) is 11.1. The van der Waals surface area contributed by atoms with Crippen molar-refractivity contribution in [1.82, 2.24) is 14.5 Å². The van der Waals surface area contributed by atoms with Crippen molar-refractivity contribution in [1.29, 1.82) is 0 Å². The molecule has 1 saturated heterocycles. The standard InChI is InChI=1S/C32H34F2N4O3/c1-21-9-10-23(35-17-21)19-41-25-11-12-28-29(16-25)38(30(36-28)26-7-2-3-8-27(26)31(39)40)18-22-5-4-6-24(15-22)37-14-13-32(33,34)20-37/h4-6,9-12,15-17,26-27H,2-3,7-8,13-14,18-20H2,1H3,(H,39,40)/t26-,27+/m0/s1. The zero-order valence-electron chi connectivity index (χ0n) is 23.1. The molecule has 0 bridgehead atoms. The van der Waals surface area contributed by atoms with Crippen LogP contribution < -0.4 is 9.64 Å². The Kier molecular flexibility index (Phi) is 7.36. The number of hydrogen-bond donors (Lipinski definition) is 1. The molecule has 3 heterocycles. The van der Waals surface area contributed by atoms with E-state index < -0.39 is 17.8 Å². The smallest absolute Gasteiger partial charge is 0.307 e. The Morgan fingerprint density at radius 3 is 2.73 bits per heavy atom. The van der Waals surface area contributed by atoms with Crippen LogP contribution in [0.1, 0.15) is 60.7 Å². The number of aliphatic carboxylic acids is 1. The van der Waals surface area contributed by atoms with Gasteiger partial charge in [-0.15, -0.1) is 0 Å². The van der Waals surface area contributed by atoms with E-state index >= 15 is 0 Å². The molecule has 2 atom stereocenters. The molecular formula is C32H34F2N4O3. The molecule has 1 saturated carbocycles. The summed E-state index contributed by atoms with van der Waals surface area (Å²) in [7, 11) is 0. The van der Waals surface area contributed by atoms with Crippen molar-refractivity contribution in [3.05, 3.63) is 83.4 Å². The topological polar surface area (TPSA) is 80.5 Å². The van der Waals surface area contributed by atoms with E-state index in [1.807, 2.05) is 67.7 Å². The summed E-state index contributed by atoms with van der Waals surface area (Å²) >= 11 is 0. The molecule has 1 N–H and O–H groups in total. The first kappa shape index (κ1) is 27.2. The number of aryl methyl sites for hydroxylation is 1. The number of benzene rings is 2. The van der Waals surface area contributed by atoms with Crippen LogP contribution in [0.25, 0.3) is 11.0 Å². The van der Waals surface area contributed by atoms with Gasteiger partial charge in [-0.25, -0.2) is 13.8 Å². The molecule has 0 unspecified atom stereocenters. The maximum absolute atomic E-state index is 13.9. The highest BCUT2D eigenvalue weighted by atomic mass is 19.3. The third kappa shape index (κ3) is 5.89. The molecule has 0 radical (unpaired) electrons. The third-order valence-corrected chi connectivity index (χ3v) is 8.31. The minimum absolute atomic E-state index is 0.146. The van der Waals surface area contributed by atoms with Gasteiger partial charge in [0, 0.05) is 43.4 Å². The van der Waals surface area contributed by atoms with Crippen molar-refractivity contribution in [2.45, 2.75) is 64.0 Å². The fourth-order valence-corrected chi connectivity index (χ4v) is 6.13. The Balaban J connectivity index is 1.36. The molecule has 214 valence electrons. The molecule has 2 aromatic heterocycles. The third-order valence-electron chi connectivity index (χ3n) is 8.31. The summed E-state index contributed by atoms with van der Waals surface area (Å²) in [5, 5.41) is 10.0. The van der Waals surface area contributed by atoms with Crippen LogP contribution in [-0.4, -0.2) is 44.6 Å². The number of rotatable bonds is 8. The molecule has 0 spiro atoms. The van der Waals surface area contributed by atoms with Crippen molar-refractivity contribution < 1.29 is 23.4 Å². The van der Waals surface area contributed by atoms with E-state index in [1.165, 1.54) is 0 Å². The lowest BCUT2D eigenvalue weighted by Gasteiger charge is -2.28. The van der Waals surface area contributed by atoms with Crippen LogP contribution in [0.4, 0.5) is 14.5 Å². The summed E-state index contributed by atoms with van der Waals surface area (Å²) in [4.78, 5) is 23.4. The maximum atomic E-state index is 13.9. The second-order valence-corrected chi connectivity index (χ2v) is 11.4. The molecule has 0 amide bonds. The Labute approximate surface area is 237 Å². The maximum Gasteiger partial charge on any atom is 0.307 e. The van der Waals surface area contributed by atoms with Crippen molar-refractivity contribution in [2.24, 2.45) is 5.92 Å². The first-order valence-corrected chi connectivity index (χ1v) is 14.2. The normalized spacial score (nSPS) is 20.4. The summed E-state index contributed by atoms with van der Waals surface area (Å²) in [5.41, 5.74) is 5.22. The summed E-state index contributed by atoms with van der Waals surface area (Å²) in [6.07, 6.45) is 4.89. The van der Waals surface area contributed by atoms with Gasteiger partial charge in [-0.3, -0.25) is 9.78 Å². The number of anilines is 1. The predicted molar refractivity (Wildman–Crippen MR) is 153 cm³/mol. The summed E-state index contributed by atoms with van der Waals surface area (Å²) < 4.78 is 36.0. The minimum Gasteiger partial charge on any atom is -0.487 e. The number of aromatic nitrogens is 3. The van der Waals surface area contributed by atoms with Gasteiger partial charge >= 0.3 is 5.97 Å². The molecular weight excluding hydrogens is 526 g/mol. The first-order valence-electron chi connectivity index (χ1n) is 14.2. The second-order valence-electron chi connectivity index (χ2n) is 11.4.